The van der Waals surface area contributed by atoms with Crippen LogP contribution in [0.5, 0.6) is 0 Å². The average molecular weight is 237 g/mol. The van der Waals surface area contributed by atoms with Crippen LogP contribution in [0.1, 0.15) is 31.1 Å². The molecule has 1 fully saturated rings. The average Bonchev–Trinajstić information content (AvgIpc) is 2.33. The number of ether oxygens (including phenoxy) is 1. The van der Waals surface area contributed by atoms with Gasteiger partial charge in [-0.15, -0.1) is 0 Å². The molecule has 2 nitrogen and oxygen atoms in total. The highest BCUT2D eigenvalue weighted by Crippen LogP contribution is 2.25. The van der Waals surface area contributed by atoms with E-state index < -0.39 is 0 Å². The number of halogens is 1. The number of aryl methyl sites for hydroxylation is 1. The standard InChI is InChI=1S/C14H20FNO/c1-9(2)13-7-16-8-14(17-13)11-5-4-10(3)12(15)6-11/h4-6,9,13-14,16H,7-8H2,1-3H3. The molecule has 1 N–H and O–H groups in total. The summed E-state index contributed by atoms with van der Waals surface area (Å²) < 4.78 is 19.5. The van der Waals surface area contributed by atoms with Crippen molar-refractivity contribution < 1.29 is 9.13 Å². The molecule has 17 heavy (non-hydrogen) atoms. The zero-order valence-corrected chi connectivity index (χ0v) is 10.7. The summed E-state index contributed by atoms with van der Waals surface area (Å²) in [5.41, 5.74) is 1.60. The van der Waals surface area contributed by atoms with Crippen molar-refractivity contribution in [3.63, 3.8) is 0 Å². The van der Waals surface area contributed by atoms with Gasteiger partial charge in [0.2, 0.25) is 0 Å². The van der Waals surface area contributed by atoms with E-state index in [9.17, 15) is 4.39 Å². The topological polar surface area (TPSA) is 21.3 Å². The molecule has 3 heteroatoms. The van der Waals surface area contributed by atoms with E-state index in [0.29, 0.717) is 11.5 Å². The number of morpholine rings is 1. The molecule has 0 bridgehead atoms. The molecule has 1 aromatic carbocycles. The Labute approximate surface area is 102 Å². The van der Waals surface area contributed by atoms with Gasteiger partial charge in [0.1, 0.15) is 5.82 Å². The van der Waals surface area contributed by atoms with E-state index in [4.69, 9.17) is 4.74 Å². The lowest BCUT2D eigenvalue weighted by atomic mass is 10.0. The molecule has 0 aromatic heterocycles. The van der Waals surface area contributed by atoms with Crippen molar-refractivity contribution in [2.75, 3.05) is 13.1 Å². The maximum absolute atomic E-state index is 13.5. The number of nitrogens with one attached hydrogen (secondary N) is 1. The SMILES string of the molecule is Cc1ccc(C2CNCC(C(C)C)O2)cc1F. The van der Waals surface area contributed by atoms with Gasteiger partial charge in [0.05, 0.1) is 12.2 Å². The highest BCUT2D eigenvalue weighted by atomic mass is 19.1. The molecule has 1 saturated heterocycles. The molecule has 0 radical (unpaired) electrons. The van der Waals surface area contributed by atoms with Gasteiger partial charge in [-0.1, -0.05) is 26.0 Å². The van der Waals surface area contributed by atoms with Crippen LogP contribution in [0.2, 0.25) is 0 Å². The summed E-state index contributed by atoms with van der Waals surface area (Å²) in [7, 11) is 0. The lowest BCUT2D eigenvalue weighted by Crippen LogP contribution is -2.43. The van der Waals surface area contributed by atoms with Crippen LogP contribution in [-0.4, -0.2) is 19.2 Å². The first-order valence-corrected chi connectivity index (χ1v) is 6.20. The number of hydrogen-bond donors (Lipinski definition) is 1. The first-order valence-electron chi connectivity index (χ1n) is 6.20. The molecule has 2 atom stereocenters. The van der Waals surface area contributed by atoms with E-state index in [-0.39, 0.29) is 18.0 Å². The van der Waals surface area contributed by atoms with Gasteiger partial charge in [0.25, 0.3) is 0 Å². The van der Waals surface area contributed by atoms with Crippen LogP contribution in [0.15, 0.2) is 18.2 Å². The summed E-state index contributed by atoms with van der Waals surface area (Å²) in [6, 6.07) is 5.35. The Balaban J connectivity index is 2.13. The quantitative estimate of drug-likeness (QED) is 0.854. The van der Waals surface area contributed by atoms with Gasteiger partial charge in [-0.25, -0.2) is 4.39 Å². The molecule has 1 heterocycles. The Bertz CT molecular complexity index is 392. The van der Waals surface area contributed by atoms with Gasteiger partial charge in [-0.3, -0.25) is 0 Å². The molecule has 0 amide bonds. The fourth-order valence-corrected chi connectivity index (χ4v) is 2.06. The van der Waals surface area contributed by atoms with Crippen molar-refractivity contribution >= 4 is 0 Å². The van der Waals surface area contributed by atoms with Crippen molar-refractivity contribution in [1.29, 1.82) is 0 Å². The fraction of sp³-hybridized carbons (Fsp3) is 0.571. The second-order valence-electron chi connectivity index (χ2n) is 5.07. The first-order chi connectivity index (χ1) is 8.08. The molecule has 1 aliphatic heterocycles. The van der Waals surface area contributed by atoms with Gasteiger partial charge in [0.15, 0.2) is 0 Å². The molecule has 1 aromatic rings. The summed E-state index contributed by atoms with van der Waals surface area (Å²) in [5, 5.41) is 3.35. The van der Waals surface area contributed by atoms with Gasteiger partial charge in [-0.05, 0) is 30.0 Å². The lowest BCUT2D eigenvalue weighted by Gasteiger charge is -2.33. The monoisotopic (exact) mass is 237 g/mol. The van der Waals surface area contributed by atoms with E-state index in [1.165, 1.54) is 0 Å². The molecule has 0 saturated carbocycles. The van der Waals surface area contributed by atoms with Crippen LogP contribution in [0.25, 0.3) is 0 Å². The molecule has 94 valence electrons. The molecular weight excluding hydrogens is 217 g/mol. The van der Waals surface area contributed by atoms with Crippen LogP contribution >= 0.6 is 0 Å². The van der Waals surface area contributed by atoms with E-state index in [2.05, 4.69) is 19.2 Å². The van der Waals surface area contributed by atoms with E-state index in [1.807, 2.05) is 12.1 Å². The van der Waals surface area contributed by atoms with Crippen LogP contribution in [0.3, 0.4) is 0 Å². The van der Waals surface area contributed by atoms with Crippen molar-refractivity contribution in [2.45, 2.75) is 33.0 Å². The van der Waals surface area contributed by atoms with E-state index >= 15 is 0 Å². The summed E-state index contributed by atoms with van der Waals surface area (Å²) in [5.74, 6) is 0.318. The predicted molar refractivity (Wildman–Crippen MR) is 66.5 cm³/mol. The minimum atomic E-state index is -0.155. The second-order valence-corrected chi connectivity index (χ2v) is 5.07. The van der Waals surface area contributed by atoms with Crippen molar-refractivity contribution in [3.05, 3.63) is 35.1 Å². The van der Waals surface area contributed by atoms with Crippen LogP contribution in [0, 0.1) is 18.7 Å². The van der Waals surface area contributed by atoms with Crippen LogP contribution in [-0.2, 0) is 4.74 Å². The Morgan fingerprint density at radius 3 is 2.76 bits per heavy atom. The summed E-state index contributed by atoms with van der Waals surface area (Å²) in [4.78, 5) is 0. The van der Waals surface area contributed by atoms with Crippen LogP contribution < -0.4 is 5.32 Å². The van der Waals surface area contributed by atoms with Gasteiger partial charge in [-0.2, -0.15) is 0 Å². The third kappa shape index (κ3) is 2.85. The maximum Gasteiger partial charge on any atom is 0.126 e. The van der Waals surface area contributed by atoms with E-state index in [1.54, 1.807) is 13.0 Å². The fourth-order valence-electron chi connectivity index (χ4n) is 2.06. The zero-order valence-electron chi connectivity index (χ0n) is 10.7. The van der Waals surface area contributed by atoms with Gasteiger partial charge < -0.3 is 10.1 Å². The highest BCUT2D eigenvalue weighted by Gasteiger charge is 2.25. The maximum atomic E-state index is 13.5. The predicted octanol–water partition coefficient (Wildman–Crippen LogP) is 2.82. The minimum absolute atomic E-state index is 0.0359. The summed E-state index contributed by atoms with van der Waals surface area (Å²) in [6.07, 6.45) is 0.171. The Hall–Kier alpha value is -0.930. The first kappa shape index (κ1) is 12.5. The van der Waals surface area contributed by atoms with Gasteiger partial charge in [0, 0.05) is 13.1 Å². The molecule has 0 aliphatic carbocycles. The van der Waals surface area contributed by atoms with E-state index in [0.717, 1.165) is 18.7 Å². The molecular formula is C14H20FNO. The Morgan fingerprint density at radius 1 is 1.35 bits per heavy atom. The van der Waals surface area contributed by atoms with Crippen molar-refractivity contribution in [1.82, 2.24) is 5.32 Å². The van der Waals surface area contributed by atoms with Crippen molar-refractivity contribution in [3.8, 4) is 0 Å². The second kappa shape index (κ2) is 5.15. The van der Waals surface area contributed by atoms with Crippen LogP contribution in [0.4, 0.5) is 4.39 Å². The molecule has 0 spiro atoms. The number of hydrogen-bond acceptors (Lipinski definition) is 2. The normalized spacial score (nSPS) is 25.2. The lowest BCUT2D eigenvalue weighted by molar-refractivity contribution is -0.0604. The Kier molecular flexibility index (Phi) is 3.79. The summed E-state index contributed by atoms with van der Waals surface area (Å²) >= 11 is 0. The zero-order chi connectivity index (χ0) is 12.4. The molecule has 1 aliphatic rings. The Morgan fingerprint density at radius 2 is 2.12 bits per heavy atom. The summed E-state index contributed by atoms with van der Waals surface area (Å²) in [6.45, 7) is 7.69. The van der Waals surface area contributed by atoms with Crippen molar-refractivity contribution in [2.24, 2.45) is 5.92 Å². The smallest absolute Gasteiger partial charge is 0.126 e. The number of rotatable bonds is 2. The molecule has 2 rings (SSSR count). The van der Waals surface area contributed by atoms with Gasteiger partial charge >= 0.3 is 0 Å². The number of benzene rings is 1. The third-order valence-corrected chi connectivity index (χ3v) is 3.33. The highest BCUT2D eigenvalue weighted by molar-refractivity contribution is 5.25. The third-order valence-electron chi connectivity index (χ3n) is 3.33. The largest absolute Gasteiger partial charge is 0.367 e. The molecule has 2 unspecified atom stereocenters. The minimum Gasteiger partial charge on any atom is -0.367 e.